The van der Waals surface area contributed by atoms with Crippen molar-refractivity contribution < 1.29 is 14.7 Å². The van der Waals surface area contributed by atoms with E-state index >= 15 is 0 Å². The van der Waals surface area contributed by atoms with Crippen LogP contribution in [0.1, 0.15) is 51.7 Å². The Morgan fingerprint density at radius 3 is 1.97 bits per heavy atom. The summed E-state index contributed by atoms with van der Waals surface area (Å²) in [6, 6.07) is 13.7. The molecule has 0 saturated heterocycles. The molecule has 2 aromatic rings. The summed E-state index contributed by atoms with van der Waals surface area (Å²) in [6.45, 7) is 10.00. The average Bonchev–Trinajstić information content (AvgIpc) is 2.67. The van der Waals surface area contributed by atoms with E-state index in [-0.39, 0.29) is 29.4 Å². The van der Waals surface area contributed by atoms with E-state index in [9.17, 15) is 14.7 Å². The van der Waals surface area contributed by atoms with Crippen molar-refractivity contribution in [3.8, 4) is 5.75 Å². The number of nitrogens with one attached hydrogen (secondary N) is 2. The van der Waals surface area contributed by atoms with Crippen molar-refractivity contribution in [1.29, 1.82) is 0 Å². The number of amides is 2. The number of aromatic hydroxyl groups is 1. The van der Waals surface area contributed by atoms with Crippen LogP contribution in [0.2, 0.25) is 0 Å². The maximum absolute atomic E-state index is 12.8. The molecule has 0 spiro atoms. The molecule has 3 N–H and O–H groups in total. The SMILES string of the molecule is CC(C)Cc1ccc(C(C)C(=O)N[C@H](C(=O)Nc2ccc(O)cc2)C(C)C)cc1. The largest absolute Gasteiger partial charge is 0.508 e. The van der Waals surface area contributed by atoms with Crippen LogP contribution in [0.3, 0.4) is 0 Å². The van der Waals surface area contributed by atoms with E-state index in [0.717, 1.165) is 12.0 Å². The Morgan fingerprint density at radius 2 is 1.45 bits per heavy atom. The number of phenolic OH excluding ortho intramolecular Hbond substituents is 1. The number of carbonyl (C=O) groups is 2. The summed E-state index contributed by atoms with van der Waals surface area (Å²) in [6.07, 6.45) is 1.01. The lowest BCUT2D eigenvalue weighted by Crippen LogP contribution is -2.48. The zero-order valence-electron chi connectivity index (χ0n) is 17.9. The van der Waals surface area contributed by atoms with Gasteiger partial charge in [-0.15, -0.1) is 0 Å². The Labute approximate surface area is 173 Å². The third-order valence-electron chi connectivity index (χ3n) is 4.90. The molecule has 0 aliphatic rings. The zero-order valence-corrected chi connectivity index (χ0v) is 17.9. The number of hydrogen-bond acceptors (Lipinski definition) is 3. The monoisotopic (exact) mass is 396 g/mol. The summed E-state index contributed by atoms with van der Waals surface area (Å²) in [4.78, 5) is 25.5. The van der Waals surface area contributed by atoms with Gasteiger partial charge in [-0.05, 0) is 60.6 Å². The molecule has 1 unspecified atom stereocenters. The molecule has 0 aliphatic carbocycles. The molecule has 2 amide bonds. The Hall–Kier alpha value is -2.82. The van der Waals surface area contributed by atoms with Crippen molar-refractivity contribution in [2.45, 2.75) is 53.0 Å². The van der Waals surface area contributed by atoms with E-state index in [1.54, 1.807) is 12.1 Å². The average molecular weight is 397 g/mol. The Morgan fingerprint density at radius 1 is 0.862 bits per heavy atom. The summed E-state index contributed by atoms with van der Waals surface area (Å²) >= 11 is 0. The van der Waals surface area contributed by atoms with E-state index < -0.39 is 6.04 Å². The molecule has 0 bridgehead atoms. The highest BCUT2D eigenvalue weighted by molar-refractivity contribution is 5.98. The molecule has 2 rings (SSSR count). The molecule has 2 aromatic carbocycles. The second-order valence-electron chi connectivity index (χ2n) is 8.33. The molecular weight excluding hydrogens is 364 g/mol. The predicted molar refractivity (Wildman–Crippen MR) is 117 cm³/mol. The minimum atomic E-state index is -0.654. The summed E-state index contributed by atoms with van der Waals surface area (Å²) in [5.41, 5.74) is 2.75. The van der Waals surface area contributed by atoms with Crippen molar-refractivity contribution in [3.63, 3.8) is 0 Å². The van der Waals surface area contributed by atoms with Gasteiger partial charge in [-0.25, -0.2) is 0 Å². The van der Waals surface area contributed by atoms with Crippen LogP contribution in [-0.4, -0.2) is 23.0 Å². The van der Waals surface area contributed by atoms with Gasteiger partial charge in [0.05, 0.1) is 5.92 Å². The fourth-order valence-corrected chi connectivity index (χ4v) is 3.14. The van der Waals surface area contributed by atoms with Crippen LogP contribution in [0, 0.1) is 11.8 Å². The molecule has 0 fully saturated rings. The first-order chi connectivity index (χ1) is 13.7. The Bertz CT molecular complexity index is 811. The zero-order chi connectivity index (χ0) is 21.6. The van der Waals surface area contributed by atoms with Gasteiger partial charge in [0.25, 0.3) is 0 Å². The molecule has 0 aromatic heterocycles. The lowest BCUT2D eigenvalue weighted by Gasteiger charge is -2.24. The summed E-state index contributed by atoms with van der Waals surface area (Å²) in [5, 5.41) is 15.1. The maximum Gasteiger partial charge on any atom is 0.247 e. The molecule has 29 heavy (non-hydrogen) atoms. The number of phenols is 1. The lowest BCUT2D eigenvalue weighted by molar-refractivity contribution is -0.128. The smallest absolute Gasteiger partial charge is 0.247 e. The van der Waals surface area contributed by atoms with Crippen molar-refractivity contribution >= 4 is 17.5 Å². The van der Waals surface area contributed by atoms with Crippen molar-refractivity contribution in [2.24, 2.45) is 11.8 Å². The van der Waals surface area contributed by atoms with Crippen molar-refractivity contribution in [2.75, 3.05) is 5.32 Å². The van der Waals surface area contributed by atoms with E-state index in [2.05, 4.69) is 36.6 Å². The van der Waals surface area contributed by atoms with Gasteiger partial charge in [-0.1, -0.05) is 52.0 Å². The maximum atomic E-state index is 12.8. The van der Waals surface area contributed by atoms with E-state index in [0.29, 0.717) is 11.6 Å². The Kier molecular flexibility index (Phi) is 7.82. The fraction of sp³-hybridized carbons (Fsp3) is 0.417. The lowest BCUT2D eigenvalue weighted by atomic mass is 9.95. The van der Waals surface area contributed by atoms with Crippen molar-refractivity contribution in [1.82, 2.24) is 5.32 Å². The van der Waals surface area contributed by atoms with Gasteiger partial charge in [0, 0.05) is 5.69 Å². The van der Waals surface area contributed by atoms with Gasteiger partial charge >= 0.3 is 0 Å². The van der Waals surface area contributed by atoms with Gasteiger partial charge in [0.1, 0.15) is 11.8 Å². The summed E-state index contributed by atoms with van der Waals surface area (Å²) in [7, 11) is 0. The van der Waals surface area contributed by atoms with Gasteiger partial charge < -0.3 is 15.7 Å². The molecule has 5 heteroatoms. The van der Waals surface area contributed by atoms with Crippen LogP contribution in [0.15, 0.2) is 48.5 Å². The van der Waals surface area contributed by atoms with E-state index in [1.807, 2.05) is 32.9 Å². The minimum Gasteiger partial charge on any atom is -0.508 e. The number of anilines is 1. The minimum absolute atomic E-state index is 0.0725. The van der Waals surface area contributed by atoms with Gasteiger partial charge in [0.2, 0.25) is 11.8 Å². The third kappa shape index (κ3) is 6.63. The van der Waals surface area contributed by atoms with E-state index in [1.165, 1.54) is 17.7 Å². The summed E-state index contributed by atoms with van der Waals surface area (Å²) < 4.78 is 0. The topological polar surface area (TPSA) is 78.4 Å². The summed E-state index contributed by atoms with van der Waals surface area (Å²) in [5.74, 6) is -0.174. The molecule has 156 valence electrons. The van der Waals surface area contributed by atoms with Gasteiger partial charge in [-0.3, -0.25) is 9.59 Å². The number of hydrogen-bond donors (Lipinski definition) is 3. The standard InChI is InChI=1S/C24H32N2O3/c1-15(2)14-18-6-8-19(9-7-18)17(5)23(28)26-22(16(3)4)24(29)25-20-10-12-21(27)13-11-20/h6-13,15-17,22,27H,14H2,1-5H3,(H,25,29)(H,26,28)/t17?,22-/m0/s1. The van der Waals surface area contributed by atoms with Crippen LogP contribution >= 0.6 is 0 Å². The normalized spacial score (nSPS) is 13.2. The highest BCUT2D eigenvalue weighted by atomic mass is 16.3. The molecule has 5 nitrogen and oxygen atoms in total. The highest BCUT2D eigenvalue weighted by Gasteiger charge is 2.27. The molecule has 0 radical (unpaired) electrons. The Balaban J connectivity index is 2.04. The number of carbonyl (C=O) groups excluding carboxylic acids is 2. The first-order valence-corrected chi connectivity index (χ1v) is 10.2. The molecule has 0 saturated carbocycles. The molecule has 0 aliphatic heterocycles. The van der Waals surface area contributed by atoms with Crippen molar-refractivity contribution in [3.05, 3.63) is 59.7 Å². The van der Waals surface area contributed by atoms with Gasteiger partial charge in [-0.2, -0.15) is 0 Å². The quantitative estimate of drug-likeness (QED) is 0.576. The molecular formula is C24H32N2O3. The van der Waals surface area contributed by atoms with Crippen LogP contribution in [0.25, 0.3) is 0 Å². The van der Waals surface area contributed by atoms with Crippen LogP contribution in [-0.2, 0) is 16.0 Å². The van der Waals surface area contributed by atoms with Crippen LogP contribution < -0.4 is 10.6 Å². The predicted octanol–water partition coefficient (Wildman–Crippen LogP) is 4.47. The first-order valence-electron chi connectivity index (χ1n) is 10.2. The second-order valence-corrected chi connectivity index (χ2v) is 8.33. The number of rotatable bonds is 8. The number of benzene rings is 2. The highest BCUT2D eigenvalue weighted by Crippen LogP contribution is 2.19. The second kappa shape index (κ2) is 10.1. The van der Waals surface area contributed by atoms with Crippen LogP contribution in [0.4, 0.5) is 5.69 Å². The third-order valence-corrected chi connectivity index (χ3v) is 4.90. The van der Waals surface area contributed by atoms with E-state index in [4.69, 9.17) is 0 Å². The van der Waals surface area contributed by atoms with Crippen LogP contribution in [0.5, 0.6) is 5.75 Å². The fourth-order valence-electron chi connectivity index (χ4n) is 3.14. The molecule has 0 heterocycles. The first kappa shape index (κ1) is 22.5. The van der Waals surface area contributed by atoms with Gasteiger partial charge in [0.15, 0.2) is 0 Å². The molecule has 2 atom stereocenters.